The number of methoxy groups -OCH3 is 1. The molecule has 0 saturated heterocycles. The van der Waals surface area contributed by atoms with Gasteiger partial charge in [0.25, 0.3) is 0 Å². The van der Waals surface area contributed by atoms with E-state index in [-0.39, 0.29) is 0 Å². The van der Waals surface area contributed by atoms with Gasteiger partial charge in [0.15, 0.2) is 0 Å². The van der Waals surface area contributed by atoms with Gasteiger partial charge in [-0.05, 0) is 37.3 Å². The Hall–Kier alpha value is -1.13. The first-order chi connectivity index (χ1) is 8.83. The maximum Gasteiger partial charge on any atom is 0.213 e. The molecule has 1 aliphatic rings. The number of aliphatic hydroxyl groups is 1. The molecule has 1 heterocycles. The SMILES string of the molecule is COc1cccc(CNCC2CCCC2CO)n1. The van der Waals surface area contributed by atoms with Crippen LogP contribution in [0.5, 0.6) is 5.88 Å². The molecule has 2 atom stereocenters. The molecular formula is C14H22N2O2. The van der Waals surface area contributed by atoms with Crippen LogP contribution in [0.1, 0.15) is 25.0 Å². The summed E-state index contributed by atoms with van der Waals surface area (Å²) in [5.41, 5.74) is 0.993. The lowest BCUT2D eigenvalue weighted by molar-refractivity contribution is 0.192. The van der Waals surface area contributed by atoms with Crippen LogP contribution in [0, 0.1) is 11.8 Å². The molecule has 0 spiro atoms. The quantitative estimate of drug-likeness (QED) is 0.805. The molecule has 1 aromatic heterocycles. The molecule has 1 saturated carbocycles. The van der Waals surface area contributed by atoms with Crippen LogP contribution in [-0.2, 0) is 6.54 Å². The second-order valence-corrected chi connectivity index (χ2v) is 4.94. The van der Waals surface area contributed by atoms with Crippen LogP contribution < -0.4 is 10.1 Å². The maximum atomic E-state index is 9.26. The second-order valence-electron chi connectivity index (χ2n) is 4.94. The van der Waals surface area contributed by atoms with E-state index in [2.05, 4.69) is 10.3 Å². The summed E-state index contributed by atoms with van der Waals surface area (Å²) in [5, 5.41) is 12.7. The minimum Gasteiger partial charge on any atom is -0.481 e. The molecule has 1 aromatic rings. The monoisotopic (exact) mass is 250 g/mol. The van der Waals surface area contributed by atoms with Crippen LogP contribution in [0.3, 0.4) is 0 Å². The smallest absolute Gasteiger partial charge is 0.213 e. The predicted molar refractivity (Wildman–Crippen MR) is 70.4 cm³/mol. The van der Waals surface area contributed by atoms with Crippen LogP contribution in [0.25, 0.3) is 0 Å². The van der Waals surface area contributed by atoms with Gasteiger partial charge in [-0.25, -0.2) is 4.98 Å². The Morgan fingerprint density at radius 2 is 2.22 bits per heavy atom. The van der Waals surface area contributed by atoms with Gasteiger partial charge in [-0.1, -0.05) is 12.5 Å². The third-order valence-electron chi connectivity index (χ3n) is 3.75. The van der Waals surface area contributed by atoms with E-state index in [0.29, 0.717) is 24.3 Å². The maximum absolute atomic E-state index is 9.26. The third kappa shape index (κ3) is 3.43. The first kappa shape index (κ1) is 13.3. The zero-order chi connectivity index (χ0) is 12.8. The highest BCUT2D eigenvalue weighted by molar-refractivity contribution is 5.15. The second kappa shape index (κ2) is 6.71. The van der Waals surface area contributed by atoms with Gasteiger partial charge >= 0.3 is 0 Å². The molecule has 0 bridgehead atoms. The first-order valence-electron chi connectivity index (χ1n) is 6.65. The van der Waals surface area contributed by atoms with Gasteiger partial charge in [0.05, 0.1) is 12.8 Å². The van der Waals surface area contributed by atoms with Crippen molar-refractivity contribution in [3.63, 3.8) is 0 Å². The van der Waals surface area contributed by atoms with Crippen LogP contribution in [0.15, 0.2) is 18.2 Å². The number of aliphatic hydroxyl groups excluding tert-OH is 1. The fourth-order valence-electron chi connectivity index (χ4n) is 2.68. The minimum atomic E-state index is 0.323. The van der Waals surface area contributed by atoms with E-state index in [1.807, 2.05) is 18.2 Å². The van der Waals surface area contributed by atoms with Crippen molar-refractivity contribution in [1.82, 2.24) is 10.3 Å². The first-order valence-corrected chi connectivity index (χ1v) is 6.65. The fraction of sp³-hybridized carbons (Fsp3) is 0.643. The molecule has 2 N–H and O–H groups in total. The van der Waals surface area contributed by atoms with Gasteiger partial charge in [-0.2, -0.15) is 0 Å². The van der Waals surface area contributed by atoms with Crippen LogP contribution >= 0.6 is 0 Å². The Morgan fingerprint density at radius 1 is 1.39 bits per heavy atom. The van der Waals surface area contributed by atoms with E-state index in [1.165, 1.54) is 19.3 Å². The summed E-state index contributed by atoms with van der Waals surface area (Å²) in [6.07, 6.45) is 3.64. The van der Waals surface area contributed by atoms with Gasteiger partial charge in [-0.15, -0.1) is 0 Å². The molecule has 1 fully saturated rings. The van der Waals surface area contributed by atoms with Gasteiger partial charge in [0.1, 0.15) is 0 Å². The summed E-state index contributed by atoms with van der Waals surface area (Å²) in [4.78, 5) is 4.36. The third-order valence-corrected chi connectivity index (χ3v) is 3.75. The van der Waals surface area contributed by atoms with Crippen molar-refractivity contribution in [3.05, 3.63) is 23.9 Å². The van der Waals surface area contributed by atoms with Crippen molar-refractivity contribution >= 4 is 0 Å². The highest BCUT2D eigenvalue weighted by Crippen LogP contribution is 2.30. The van der Waals surface area contributed by atoms with Crippen LogP contribution in [-0.4, -0.2) is 30.4 Å². The molecule has 0 amide bonds. The summed E-state index contributed by atoms with van der Waals surface area (Å²) in [5.74, 6) is 1.75. The zero-order valence-electron chi connectivity index (χ0n) is 10.9. The zero-order valence-corrected chi connectivity index (χ0v) is 10.9. The summed E-state index contributed by atoms with van der Waals surface area (Å²) >= 11 is 0. The number of pyridine rings is 1. The Balaban J connectivity index is 1.77. The van der Waals surface area contributed by atoms with E-state index >= 15 is 0 Å². The number of hydrogen-bond donors (Lipinski definition) is 2. The van der Waals surface area contributed by atoms with Crippen LogP contribution in [0.4, 0.5) is 0 Å². The molecule has 0 radical (unpaired) electrons. The molecule has 0 aromatic carbocycles. The van der Waals surface area contributed by atoms with E-state index in [9.17, 15) is 5.11 Å². The summed E-state index contributed by atoms with van der Waals surface area (Å²) < 4.78 is 5.10. The lowest BCUT2D eigenvalue weighted by Gasteiger charge is -2.17. The molecule has 100 valence electrons. The van der Waals surface area contributed by atoms with Gasteiger partial charge in [0, 0.05) is 19.2 Å². The van der Waals surface area contributed by atoms with Crippen molar-refractivity contribution in [1.29, 1.82) is 0 Å². The number of hydrogen-bond acceptors (Lipinski definition) is 4. The average Bonchev–Trinajstić information content (AvgIpc) is 2.86. The van der Waals surface area contributed by atoms with Crippen molar-refractivity contribution in [3.8, 4) is 5.88 Å². The van der Waals surface area contributed by atoms with Crippen molar-refractivity contribution in [2.24, 2.45) is 11.8 Å². The molecule has 2 rings (SSSR count). The molecule has 4 heteroatoms. The summed E-state index contributed by atoms with van der Waals surface area (Å²) in [6, 6.07) is 5.80. The van der Waals surface area contributed by atoms with Crippen molar-refractivity contribution in [2.75, 3.05) is 20.3 Å². The van der Waals surface area contributed by atoms with Gasteiger partial charge in [0.2, 0.25) is 5.88 Å². The molecule has 2 unspecified atom stereocenters. The fourth-order valence-corrected chi connectivity index (χ4v) is 2.68. The Labute approximate surface area is 108 Å². The Morgan fingerprint density at radius 3 is 3.00 bits per heavy atom. The summed E-state index contributed by atoms with van der Waals surface area (Å²) in [6.45, 7) is 2.04. The highest BCUT2D eigenvalue weighted by Gasteiger charge is 2.25. The number of rotatable bonds is 6. The van der Waals surface area contributed by atoms with E-state index in [1.54, 1.807) is 7.11 Å². The standard InChI is InChI=1S/C14H22N2O2/c1-18-14-7-3-6-13(16-14)9-15-8-11-4-2-5-12(11)10-17/h3,6-7,11-12,15,17H,2,4-5,8-10H2,1H3. The molecule has 0 aliphatic heterocycles. The molecular weight excluding hydrogens is 228 g/mol. The van der Waals surface area contributed by atoms with Gasteiger partial charge < -0.3 is 15.2 Å². The number of nitrogens with one attached hydrogen (secondary N) is 1. The van der Waals surface area contributed by atoms with Crippen molar-refractivity contribution < 1.29 is 9.84 Å². The highest BCUT2D eigenvalue weighted by atomic mass is 16.5. The number of nitrogens with zero attached hydrogens (tertiary/aromatic N) is 1. The molecule has 1 aliphatic carbocycles. The molecule has 4 nitrogen and oxygen atoms in total. The lowest BCUT2D eigenvalue weighted by atomic mass is 9.97. The van der Waals surface area contributed by atoms with Gasteiger partial charge in [-0.3, -0.25) is 0 Å². The van der Waals surface area contributed by atoms with Crippen molar-refractivity contribution in [2.45, 2.75) is 25.8 Å². The average molecular weight is 250 g/mol. The van der Waals surface area contributed by atoms with E-state index < -0.39 is 0 Å². The summed E-state index contributed by atoms with van der Waals surface area (Å²) in [7, 11) is 1.63. The Kier molecular flexibility index (Phi) is 4.96. The Bertz CT molecular complexity index is 371. The topological polar surface area (TPSA) is 54.4 Å². The number of ether oxygens (including phenoxy) is 1. The van der Waals surface area contributed by atoms with E-state index in [4.69, 9.17) is 4.74 Å². The van der Waals surface area contributed by atoms with E-state index in [0.717, 1.165) is 18.8 Å². The lowest BCUT2D eigenvalue weighted by Crippen LogP contribution is -2.26. The minimum absolute atomic E-state index is 0.323. The largest absolute Gasteiger partial charge is 0.481 e. The normalized spacial score (nSPS) is 23.2. The predicted octanol–water partition coefficient (Wildman–Crippen LogP) is 1.59. The molecule has 18 heavy (non-hydrogen) atoms. The van der Waals surface area contributed by atoms with Crippen LogP contribution in [0.2, 0.25) is 0 Å². The number of aromatic nitrogens is 1.